The Kier molecular flexibility index (Phi) is 5.21. The molecule has 6 nitrogen and oxygen atoms in total. The number of hydrogen-bond acceptors (Lipinski definition) is 6. The first-order valence-corrected chi connectivity index (χ1v) is 11.5. The highest BCUT2D eigenvalue weighted by atomic mass is 32.2. The van der Waals surface area contributed by atoms with Gasteiger partial charge < -0.3 is 4.74 Å². The first-order chi connectivity index (χ1) is 14.7. The van der Waals surface area contributed by atoms with Crippen LogP contribution in [0.1, 0.15) is 44.3 Å². The SMILES string of the molecule is CCSC1=NN2C(=c3ccccc3=N[C@@H]2c2ccc(OC3CCCC3)cc2)C(=O)N1. The molecule has 154 valence electrons. The van der Waals surface area contributed by atoms with Crippen LogP contribution in [-0.2, 0) is 4.79 Å². The summed E-state index contributed by atoms with van der Waals surface area (Å²) in [5.74, 6) is 1.57. The zero-order valence-electron chi connectivity index (χ0n) is 16.9. The minimum absolute atomic E-state index is 0.144. The Morgan fingerprint density at radius 1 is 1.13 bits per heavy atom. The fourth-order valence-electron chi connectivity index (χ4n) is 4.16. The van der Waals surface area contributed by atoms with E-state index in [-0.39, 0.29) is 5.91 Å². The molecular weight excluding hydrogens is 396 g/mol. The van der Waals surface area contributed by atoms with E-state index >= 15 is 0 Å². The number of carbonyl (C=O) groups is 1. The predicted octanol–water partition coefficient (Wildman–Crippen LogP) is 2.90. The third kappa shape index (κ3) is 3.58. The number of hydrazone groups is 1. The maximum atomic E-state index is 13.0. The number of nitrogens with one attached hydrogen (secondary N) is 1. The molecule has 0 radical (unpaired) electrons. The number of benzene rings is 2. The number of para-hydroxylation sites is 1. The van der Waals surface area contributed by atoms with Crippen molar-refractivity contribution in [3.63, 3.8) is 0 Å². The highest BCUT2D eigenvalue weighted by Gasteiger charge is 2.34. The molecule has 7 heteroatoms. The van der Waals surface area contributed by atoms with Gasteiger partial charge in [-0.25, -0.2) is 5.01 Å². The van der Waals surface area contributed by atoms with E-state index in [1.165, 1.54) is 24.6 Å². The molecule has 1 fully saturated rings. The third-order valence-corrected chi connectivity index (χ3v) is 6.33. The number of rotatable bonds is 4. The van der Waals surface area contributed by atoms with Crippen LogP contribution in [0.5, 0.6) is 5.75 Å². The summed E-state index contributed by atoms with van der Waals surface area (Å²) >= 11 is 1.51. The van der Waals surface area contributed by atoms with E-state index in [0.29, 0.717) is 17.0 Å². The van der Waals surface area contributed by atoms with Crippen molar-refractivity contribution < 1.29 is 9.53 Å². The Bertz CT molecular complexity index is 1110. The average Bonchev–Trinajstić information content (AvgIpc) is 3.27. The van der Waals surface area contributed by atoms with Crippen molar-refractivity contribution in [1.29, 1.82) is 0 Å². The van der Waals surface area contributed by atoms with Gasteiger partial charge in [0.1, 0.15) is 11.4 Å². The Morgan fingerprint density at radius 2 is 1.90 bits per heavy atom. The lowest BCUT2D eigenvalue weighted by atomic mass is 10.1. The van der Waals surface area contributed by atoms with Crippen molar-refractivity contribution in [2.24, 2.45) is 10.1 Å². The summed E-state index contributed by atoms with van der Waals surface area (Å²) in [6, 6.07) is 15.8. The van der Waals surface area contributed by atoms with Crippen LogP contribution in [-0.4, -0.2) is 27.9 Å². The maximum Gasteiger partial charge on any atom is 0.276 e. The van der Waals surface area contributed by atoms with E-state index in [1.807, 2.05) is 55.5 Å². The molecule has 0 bridgehead atoms. The van der Waals surface area contributed by atoms with Gasteiger partial charge in [0.25, 0.3) is 5.91 Å². The van der Waals surface area contributed by atoms with Crippen LogP contribution in [0.4, 0.5) is 0 Å². The number of fused-ring (bicyclic) bond motifs is 2. The molecule has 2 aliphatic heterocycles. The Balaban J connectivity index is 1.53. The van der Waals surface area contributed by atoms with Crippen LogP contribution in [0.15, 0.2) is 58.6 Å². The van der Waals surface area contributed by atoms with Gasteiger partial charge in [0.15, 0.2) is 11.3 Å². The van der Waals surface area contributed by atoms with Crippen molar-refractivity contribution >= 4 is 28.5 Å². The fraction of sp³-hybridized carbons (Fsp3) is 0.348. The fourth-order valence-corrected chi connectivity index (χ4v) is 4.75. The van der Waals surface area contributed by atoms with E-state index in [2.05, 4.69) is 5.32 Å². The number of carbonyl (C=O) groups excluding carboxylic acids is 1. The first kappa shape index (κ1) is 19.2. The maximum absolute atomic E-state index is 13.0. The van der Waals surface area contributed by atoms with Gasteiger partial charge in [-0.15, -0.1) is 5.10 Å². The summed E-state index contributed by atoms with van der Waals surface area (Å²) in [6.07, 6.45) is 4.68. The lowest BCUT2D eigenvalue weighted by Crippen LogP contribution is -2.50. The summed E-state index contributed by atoms with van der Waals surface area (Å²) in [7, 11) is 0. The Labute approximate surface area is 179 Å². The van der Waals surface area contributed by atoms with Gasteiger partial charge in [0.05, 0.1) is 11.5 Å². The second-order valence-corrected chi connectivity index (χ2v) is 8.85. The van der Waals surface area contributed by atoms with Crippen molar-refractivity contribution in [3.8, 4) is 5.75 Å². The molecule has 1 amide bonds. The molecule has 5 rings (SSSR count). The second kappa shape index (κ2) is 8.14. The van der Waals surface area contributed by atoms with Gasteiger partial charge >= 0.3 is 0 Å². The lowest BCUT2D eigenvalue weighted by Gasteiger charge is -2.34. The van der Waals surface area contributed by atoms with Gasteiger partial charge in [0, 0.05) is 5.22 Å². The zero-order chi connectivity index (χ0) is 20.5. The van der Waals surface area contributed by atoms with Crippen molar-refractivity contribution in [1.82, 2.24) is 10.3 Å². The molecule has 1 atom stereocenters. The van der Waals surface area contributed by atoms with E-state index < -0.39 is 6.17 Å². The van der Waals surface area contributed by atoms with E-state index in [9.17, 15) is 4.79 Å². The lowest BCUT2D eigenvalue weighted by molar-refractivity contribution is -0.116. The predicted molar refractivity (Wildman–Crippen MR) is 118 cm³/mol. The van der Waals surface area contributed by atoms with Crippen LogP contribution in [0.3, 0.4) is 0 Å². The molecule has 0 aromatic heterocycles. The van der Waals surface area contributed by atoms with Crippen molar-refractivity contribution in [2.45, 2.75) is 44.9 Å². The molecule has 1 N–H and O–H groups in total. The summed E-state index contributed by atoms with van der Waals surface area (Å²) in [4.78, 5) is 17.9. The smallest absolute Gasteiger partial charge is 0.276 e. The summed E-state index contributed by atoms with van der Waals surface area (Å²) < 4.78 is 6.10. The molecule has 1 saturated carbocycles. The molecule has 2 aromatic carbocycles. The van der Waals surface area contributed by atoms with Crippen LogP contribution in [0.25, 0.3) is 5.70 Å². The number of amides is 1. The Hall–Kier alpha value is -2.80. The van der Waals surface area contributed by atoms with Crippen LogP contribution in [0.2, 0.25) is 0 Å². The highest BCUT2D eigenvalue weighted by Crippen LogP contribution is 2.32. The quantitative estimate of drug-likeness (QED) is 0.826. The number of nitrogens with zero attached hydrogens (tertiary/aromatic N) is 3. The zero-order valence-corrected chi connectivity index (χ0v) is 17.7. The minimum atomic E-state index is -0.395. The van der Waals surface area contributed by atoms with Crippen molar-refractivity contribution in [3.05, 3.63) is 64.7 Å². The largest absolute Gasteiger partial charge is 0.490 e. The first-order valence-electron chi connectivity index (χ1n) is 10.5. The number of hydrogen-bond donors (Lipinski definition) is 1. The summed E-state index contributed by atoms with van der Waals surface area (Å²) in [5.41, 5.74) is 1.51. The monoisotopic (exact) mass is 420 g/mol. The second-order valence-electron chi connectivity index (χ2n) is 7.60. The van der Waals surface area contributed by atoms with Crippen LogP contribution < -0.4 is 20.6 Å². The molecular formula is C23H24N4O2S. The van der Waals surface area contributed by atoms with E-state index in [0.717, 1.165) is 40.5 Å². The topological polar surface area (TPSA) is 66.3 Å². The molecule has 0 saturated heterocycles. The highest BCUT2D eigenvalue weighted by molar-refractivity contribution is 8.13. The molecule has 2 aromatic rings. The summed E-state index contributed by atoms with van der Waals surface area (Å²) in [5, 5.41) is 11.6. The molecule has 0 unspecified atom stereocenters. The molecule has 0 spiro atoms. The van der Waals surface area contributed by atoms with E-state index in [4.69, 9.17) is 14.8 Å². The standard InChI is InChI=1S/C23H24N4O2S/c1-2-30-23-25-22(28)20-18-9-5-6-10-19(18)24-21(27(20)26-23)15-11-13-17(14-12-15)29-16-7-3-4-8-16/h5-6,9-14,16,21H,2-4,7-8H2,1H3,(H,25,26,28)/t21-/m0/s1. The van der Waals surface area contributed by atoms with Crippen LogP contribution in [0, 0.1) is 0 Å². The number of ether oxygens (including phenoxy) is 1. The molecule has 30 heavy (non-hydrogen) atoms. The van der Waals surface area contributed by atoms with Gasteiger partial charge in [-0.1, -0.05) is 49.0 Å². The van der Waals surface area contributed by atoms with Gasteiger partial charge in [-0.05, 0) is 55.2 Å². The van der Waals surface area contributed by atoms with Gasteiger partial charge in [-0.3, -0.25) is 15.1 Å². The number of thioether (sulfide) groups is 1. The molecule has 3 aliphatic rings. The number of amidine groups is 1. The van der Waals surface area contributed by atoms with Gasteiger partial charge in [0.2, 0.25) is 0 Å². The molecule has 2 heterocycles. The van der Waals surface area contributed by atoms with E-state index in [1.54, 1.807) is 5.01 Å². The van der Waals surface area contributed by atoms with Crippen LogP contribution >= 0.6 is 11.8 Å². The average molecular weight is 421 g/mol. The third-order valence-electron chi connectivity index (χ3n) is 5.58. The Morgan fingerprint density at radius 3 is 2.67 bits per heavy atom. The van der Waals surface area contributed by atoms with Crippen molar-refractivity contribution in [2.75, 3.05) is 5.75 Å². The normalized spacial score (nSPS) is 20.8. The van der Waals surface area contributed by atoms with Gasteiger partial charge in [-0.2, -0.15) is 0 Å². The summed E-state index contributed by atoms with van der Waals surface area (Å²) in [6.45, 7) is 2.04. The minimum Gasteiger partial charge on any atom is -0.490 e. The molecule has 1 aliphatic carbocycles.